The molecule has 1 rings (SSSR count). The van der Waals surface area contributed by atoms with Crippen LogP contribution in [0.2, 0.25) is 0 Å². The van der Waals surface area contributed by atoms with E-state index < -0.39 is 0 Å². The van der Waals surface area contributed by atoms with Crippen LogP contribution in [-0.2, 0) is 4.79 Å². The Morgan fingerprint density at radius 1 is 1.89 bits per heavy atom. The van der Waals surface area contributed by atoms with Crippen molar-refractivity contribution in [2.75, 3.05) is 0 Å². The van der Waals surface area contributed by atoms with E-state index >= 15 is 0 Å². The highest BCUT2D eigenvalue weighted by Crippen LogP contribution is 2.17. The van der Waals surface area contributed by atoms with Gasteiger partial charge in [0.25, 0.3) is 0 Å². The second kappa shape index (κ2) is 2.40. The van der Waals surface area contributed by atoms with Crippen molar-refractivity contribution < 1.29 is 4.79 Å². The van der Waals surface area contributed by atoms with Crippen LogP contribution in [0.25, 0.3) is 0 Å². The number of hydrogen-bond acceptors (Lipinski definition) is 1. The summed E-state index contributed by atoms with van der Waals surface area (Å²) < 4.78 is 0. The summed E-state index contributed by atoms with van der Waals surface area (Å²) >= 11 is 5.36. The highest BCUT2D eigenvalue weighted by atomic mass is 35.5. The third-order valence-electron chi connectivity index (χ3n) is 1.39. The zero-order valence-corrected chi connectivity index (χ0v) is 5.90. The van der Waals surface area contributed by atoms with Crippen LogP contribution in [0.15, 0.2) is 11.2 Å². The van der Waals surface area contributed by atoms with E-state index in [0.717, 1.165) is 12.1 Å². The van der Waals surface area contributed by atoms with Crippen LogP contribution in [0.4, 0.5) is 0 Å². The first-order valence-electron chi connectivity index (χ1n) is 2.84. The molecule has 0 aromatic heterocycles. The highest BCUT2D eigenvalue weighted by molar-refractivity contribution is 6.25. The number of carbonyl (C=O) groups excluding carboxylic acids is 1. The standard InChI is InChI=1S/C6H8ClNO/c1-4-2-5(3-7)8-6(4)9/h3-4H,2H2,1H3,(H,8,9)/b5-3-. The number of halogens is 1. The lowest BCUT2D eigenvalue weighted by molar-refractivity contribution is -0.121. The molecule has 1 aliphatic heterocycles. The quantitative estimate of drug-likeness (QED) is 0.546. The van der Waals surface area contributed by atoms with Crippen molar-refractivity contribution >= 4 is 17.5 Å². The van der Waals surface area contributed by atoms with Gasteiger partial charge in [-0.3, -0.25) is 4.79 Å². The van der Waals surface area contributed by atoms with Gasteiger partial charge in [-0.25, -0.2) is 0 Å². The van der Waals surface area contributed by atoms with Gasteiger partial charge in [0, 0.05) is 17.2 Å². The molecule has 1 N–H and O–H groups in total. The summed E-state index contributed by atoms with van der Waals surface area (Å²) in [5.74, 6) is 0.164. The van der Waals surface area contributed by atoms with Gasteiger partial charge in [-0.1, -0.05) is 18.5 Å². The van der Waals surface area contributed by atoms with E-state index in [0.29, 0.717) is 0 Å². The molecule has 1 aliphatic rings. The Labute approximate surface area is 58.9 Å². The first kappa shape index (κ1) is 6.62. The topological polar surface area (TPSA) is 29.1 Å². The number of carbonyl (C=O) groups is 1. The van der Waals surface area contributed by atoms with Crippen LogP contribution in [0.1, 0.15) is 13.3 Å². The second-order valence-corrected chi connectivity index (χ2v) is 2.45. The number of allylic oxidation sites excluding steroid dienone is 1. The van der Waals surface area contributed by atoms with Crippen molar-refractivity contribution in [1.82, 2.24) is 5.32 Å². The van der Waals surface area contributed by atoms with Gasteiger partial charge in [0.1, 0.15) is 0 Å². The van der Waals surface area contributed by atoms with Gasteiger partial charge in [0.15, 0.2) is 0 Å². The van der Waals surface area contributed by atoms with Crippen molar-refractivity contribution in [3.8, 4) is 0 Å². The van der Waals surface area contributed by atoms with Crippen LogP contribution in [0.5, 0.6) is 0 Å². The zero-order chi connectivity index (χ0) is 6.85. The Balaban J connectivity index is 2.65. The fourth-order valence-corrected chi connectivity index (χ4v) is 0.971. The molecule has 9 heavy (non-hydrogen) atoms. The number of rotatable bonds is 0. The third kappa shape index (κ3) is 1.24. The van der Waals surface area contributed by atoms with E-state index in [1.165, 1.54) is 5.54 Å². The van der Waals surface area contributed by atoms with E-state index in [1.54, 1.807) is 0 Å². The average Bonchev–Trinajstić information content (AvgIpc) is 2.13. The maximum Gasteiger partial charge on any atom is 0.227 e. The van der Waals surface area contributed by atoms with E-state index in [2.05, 4.69) is 5.32 Å². The lowest BCUT2D eigenvalue weighted by Crippen LogP contribution is -2.16. The molecule has 1 unspecified atom stereocenters. The van der Waals surface area contributed by atoms with Crippen LogP contribution in [0, 0.1) is 5.92 Å². The minimum absolute atomic E-state index is 0.0712. The molecule has 50 valence electrons. The van der Waals surface area contributed by atoms with Gasteiger partial charge in [-0.05, 0) is 6.42 Å². The zero-order valence-electron chi connectivity index (χ0n) is 5.15. The Morgan fingerprint density at radius 3 is 2.78 bits per heavy atom. The van der Waals surface area contributed by atoms with Crippen molar-refractivity contribution in [1.29, 1.82) is 0 Å². The minimum Gasteiger partial charge on any atom is -0.329 e. The average molecular weight is 146 g/mol. The van der Waals surface area contributed by atoms with Crippen molar-refractivity contribution in [2.24, 2.45) is 5.92 Å². The van der Waals surface area contributed by atoms with Crippen LogP contribution in [0.3, 0.4) is 0 Å². The molecule has 2 nitrogen and oxygen atoms in total. The summed E-state index contributed by atoms with van der Waals surface area (Å²) in [6.45, 7) is 1.88. The molecule has 1 heterocycles. The molecular weight excluding hydrogens is 138 g/mol. The Bertz CT molecular complexity index is 164. The molecule has 1 saturated heterocycles. The van der Waals surface area contributed by atoms with E-state index in [9.17, 15) is 4.79 Å². The largest absolute Gasteiger partial charge is 0.329 e. The van der Waals surface area contributed by atoms with Gasteiger partial charge in [0.05, 0.1) is 0 Å². The predicted molar refractivity (Wildman–Crippen MR) is 35.9 cm³/mol. The smallest absolute Gasteiger partial charge is 0.227 e. The lowest BCUT2D eigenvalue weighted by Gasteiger charge is -1.89. The summed E-state index contributed by atoms with van der Waals surface area (Å²) in [6, 6.07) is 0. The maximum absolute atomic E-state index is 10.7. The summed E-state index contributed by atoms with van der Waals surface area (Å²) in [4.78, 5) is 10.7. The van der Waals surface area contributed by atoms with Gasteiger partial charge in [-0.15, -0.1) is 0 Å². The molecule has 0 aliphatic carbocycles. The Hall–Kier alpha value is -0.500. The molecule has 0 saturated carbocycles. The Kier molecular flexibility index (Phi) is 1.76. The minimum atomic E-state index is 0.0712. The highest BCUT2D eigenvalue weighted by Gasteiger charge is 2.22. The van der Waals surface area contributed by atoms with Crippen LogP contribution in [-0.4, -0.2) is 5.91 Å². The summed E-state index contributed by atoms with van der Waals surface area (Å²) in [5, 5.41) is 2.64. The molecule has 0 aromatic carbocycles. The summed E-state index contributed by atoms with van der Waals surface area (Å²) in [6.07, 6.45) is 0.752. The fraction of sp³-hybridized carbons (Fsp3) is 0.500. The van der Waals surface area contributed by atoms with E-state index in [1.807, 2.05) is 6.92 Å². The van der Waals surface area contributed by atoms with Crippen molar-refractivity contribution in [2.45, 2.75) is 13.3 Å². The maximum atomic E-state index is 10.7. The van der Waals surface area contributed by atoms with Crippen molar-refractivity contribution in [3.05, 3.63) is 11.2 Å². The molecule has 3 heteroatoms. The molecule has 0 radical (unpaired) electrons. The third-order valence-corrected chi connectivity index (χ3v) is 1.65. The second-order valence-electron chi connectivity index (χ2n) is 2.23. The first-order chi connectivity index (χ1) is 4.24. The molecule has 0 spiro atoms. The van der Waals surface area contributed by atoms with E-state index in [-0.39, 0.29) is 11.8 Å². The molecule has 0 bridgehead atoms. The van der Waals surface area contributed by atoms with Crippen LogP contribution < -0.4 is 5.32 Å². The van der Waals surface area contributed by atoms with Gasteiger partial charge < -0.3 is 5.32 Å². The molecule has 0 aromatic rings. The van der Waals surface area contributed by atoms with Gasteiger partial charge in [-0.2, -0.15) is 0 Å². The van der Waals surface area contributed by atoms with Gasteiger partial charge in [0.2, 0.25) is 5.91 Å². The van der Waals surface area contributed by atoms with Crippen molar-refractivity contribution in [3.63, 3.8) is 0 Å². The molecule has 1 amide bonds. The summed E-state index contributed by atoms with van der Waals surface area (Å²) in [5.41, 5.74) is 2.25. The van der Waals surface area contributed by atoms with E-state index in [4.69, 9.17) is 11.6 Å². The monoisotopic (exact) mass is 145 g/mol. The normalized spacial score (nSPS) is 31.1. The molecular formula is C6H8ClNO. The fourth-order valence-electron chi connectivity index (χ4n) is 0.827. The Morgan fingerprint density at radius 2 is 2.56 bits per heavy atom. The number of nitrogens with one attached hydrogen (secondary N) is 1. The van der Waals surface area contributed by atoms with Crippen LogP contribution >= 0.6 is 11.6 Å². The predicted octanol–water partition coefficient (Wildman–Crippen LogP) is 1.22. The molecule has 1 fully saturated rings. The lowest BCUT2D eigenvalue weighted by atomic mass is 10.1. The summed E-state index contributed by atoms with van der Waals surface area (Å²) in [7, 11) is 0. The SMILES string of the molecule is CC1C/C(=C/Cl)NC1=O. The number of amides is 1. The first-order valence-corrected chi connectivity index (χ1v) is 3.28. The van der Waals surface area contributed by atoms with Gasteiger partial charge >= 0.3 is 0 Å². The molecule has 1 atom stereocenters. The number of hydrogen-bond donors (Lipinski definition) is 1.